The molecule has 2 fully saturated rings. The summed E-state index contributed by atoms with van der Waals surface area (Å²) in [5.41, 5.74) is 0. The molecule has 0 spiro atoms. The van der Waals surface area contributed by atoms with Crippen LogP contribution in [-0.2, 0) is 28.5 Å². The van der Waals surface area contributed by atoms with Crippen LogP contribution in [0.2, 0.25) is 0 Å². The van der Waals surface area contributed by atoms with Crippen molar-refractivity contribution in [2.75, 3.05) is 51.1 Å². The van der Waals surface area contributed by atoms with Crippen LogP contribution >= 0.6 is 43.2 Å². The topological polar surface area (TPSA) is 71.1 Å². The summed E-state index contributed by atoms with van der Waals surface area (Å²) in [5.74, 6) is 2.23. The van der Waals surface area contributed by atoms with Gasteiger partial charge in [0.15, 0.2) is 0 Å². The maximum atomic E-state index is 11.7. The molecule has 186 valence electrons. The molecule has 2 aliphatic rings. The van der Waals surface area contributed by atoms with Crippen LogP contribution in [0.1, 0.15) is 64.2 Å². The van der Waals surface area contributed by atoms with Crippen molar-refractivity contribution in [1.82, 2.24) is 0 Å². The number of hydrogen-bond donors (Lipinski definition) is 0. The molecule has 0 aromatic carbocycles. The van der Waals surface area contributed by atoms with Crippen molar-refractivity contribution in [2.24, 2.45) is 0 Å². The molecule has 0 bridgehead atoms. The van der Waals surface area contributed by atoms with Gasteiger partial charge in [-0.25, -0.2) is 0 Å². The van der Waals surface area contributed by atoms with E-state index < -0.39 is 0 Å². The van der Waals surface area contributed by atoms with Crippen molar-refractivity contribution in [3.8, 4) is 0 Å². The van der Waals surface area contributed by atoms with Gasteiger partial charge in [-0.2, -0.15) is 0 Å². The quantitative estimate of drug-likeness (QED) is 0.122. The number of rotatable bonds is 19. The second-order valence-electron chi connectivity index (χ2n) is 7.82. The van der Waals surface area contributed by atoms with Gasteiger partial charge in [0.25, 0.3) is 0 Å². The third-order valence-corrected chi connectivity index (χ3v) is 11.1. The van der Waals surface area contributed by atoms with E-state index in [-0.39, 0.29) is 25.2 Å². The minimum atomic E-state index is -0.142. The Kier molecular flexibility index (Phi) is 17.4. The molecule has 2 aliphatic heterocycles. The first-order valence-corrected chi connectivity index (χ1v) is 16.5. The van der Waals surface area contributed by atoms with Crippen molar-refractivity contribution in [3.05, 3.63) is 0 Å². The van der Waals surface area contributed by atoms with Crippen molar-refractivity contribution in [2.45, 2.75) is 74.7 Å². The molecule has 2 unspecified atom stereocenters. The van der Waals surface area contributed by atoms with Gasteiger partial charge < -0.3 is 18.9 Å². The largest absolute Gasteiger partial charge is 0.463 e. The van der Waals surface area contributed by atoms with Crippen LogP contribution in [0.25, 0.3) is 0 Å². The second kappa shape index (κ2) is 19.6. The molecule has 2 rings (SSSR count). The fraction of sp³-hybridized carbons (Fsp3) is 0.909. The maximum Gasteiger partial charge on any atom is 0.305 e. The summed E-state index contributed by atoms with van der Waals surface area (Å²) in [7, 11) is 7.89. The first kappa shape index (κ1) is 28.5. The molecule has 0 radical (unpaired) electrons. The Hall–Kier alpha value is 0.260. The first-order valence-electron chi connectivity index (χ1n) is 11.8. The lowest BCUT2D eigenvalue weighted by atomic mass is 10.1. The zero-order chi connectivity index (χ0) is 22.7. The molecule has 32 heavy (non-hydrogen) atoms. The Labute approximate surface area is 208 Å². The zero-order valence-corrected chi connectivity index (χ0v) is 22.2. The molecule has 2 saturated heterocycles. The average molecular weight is 527 g/mol. The molecule has 0 aliphatic carbocycles. The van der Waals surface area contributed by atoms with E-state index in [1.54, 1.807) is 0 Å². The summed E-state index contributed by atoms with van der Waals surface area (Å²) in [6.07, 6.45) is 9.97. The summed E-state index contributed by atoms with van der Waals surface area (Å²) in [5, 5.41) is 1.54. The Bertz CT molecular complexity index is 455. The van der Waals surface area contributed by atoms with Gasteiger partial charge in [0.2, 0.25) is 0 Å². The Balaban J connectivity index is 1.25. The average Bonchev–Trinajstić information content (AvgIpc) is 3.50. The molecule has 2 atom stereocenters. The van der Waals surface area contributed by atoms with Crippen LogP contribution < -0.4 is 0 Å². The predicted octanol–water partition coefficient (Wildman–Crippen LogP) is 5.53. The normalized spacial score (nSPS) is 20.5. The molecule has 2 heterocycles. The predicted molar refractivity (Wildman–Crippen MR) is 137 cm³/mol. The molecular formula is C22H38O6S4. The third-order valence-electron chi connectivity index (χ3n) is 5.12. The molecule has 0 aromatic heterocycles. The van der Waals surface area contributed by atoms with Gasteiger partial charge in [-0.1, -0.05) is 56.0 Å². The van der Waals surface area contributed by atoms with Crippen molar-refractivity contribution >= 4 is 55.1 Å². The van der Waals surface area contributed by atoms with Crippen LogP contribution in [0, 0.1) is 0 Å². The fourth-order valence-electron chi connectivity index (χ4n) is 3.31. The van der Waals surface area contributed by atoms with Gasteiger partial charge in [-0.3, -0.25) is 9.59 Å². The zero-order valence-electron chi connectivity index (χ0n) is 19.0. The van der Waals surface area contributed by atoms with E-state index in [2.05, 4.69) is 0 Å². The Morgan fingerprint density at radius 1 is 0.625 bits per heavy atom. The lowest BCUT2D eigenvalue weighted by Crippen LogP contribution is -2.15. The van der Waals surface area contributed by atoms with Crippen LogP contribution in [-0.4, -0.2) is 73.6 Å². The smallest absolute Gasteiger partial charge is 0.305 e. The number of esters is 2. The van der Waals surface area contributed by atoms with Gasteiger partial charge in [-0.15, -0.1) is 0 Å². The fourth-order valence-corrected chi connectivity index (χ4v) is 9.36. The minimum absolute atomic E-state index is 0.142. The number of carbonyl (C=O) groups excluding carboxylic acids is 2. The van der Waals surface area contributed by atoms with Crippen LogP contribution in [0.5, 0.6) is 0 Å². The standard InChI is InChI=1S/C22H38O6S4/c23-21(7-3-1-5-19-9-17-29-31-19)27-15-13-25-11-12-26-14-16-28-22(24)8-4-2-6-20-10-18-30-32-20/h19-20H,1-18H2. The summed E-state index contributed by atoms with van der Waals surface area (Å²) in [6.45, 7) is 2.17. The lowest BCUT2D eigenvalue weighted by molar-refractivity contribution is -0.147. The van der Waals surface area contributed by atoms with E-state index in [1.807, 2.05) is 43.2 Å². The van der Waals surface area contributed by atoms with Gasteiger partial charge in [0.1, 0.15) is 13.2 Å². The SMILES string of the molecule is O=C(CCCCC1CCSS1)OCCOCCOCCOC(=O)CCCCC1CCSS1. The monoisotopic (exact) mass is 526 g/mol. The van der Waals surface area contributed by atoms with Crippen LogP contribution in [0.15, 0.2) is 0 Å². The molecule has 0 saturated carbocycles. The van der Waals surface area contributed by atoms with Gasteiger partial charge in [0, 0.05) is 34.8 Å². The van der Waals surface area contributed by atoms with Crippen molar-refractivity contribution in [3.63, 3.8) is 0 Å². The highest BCUT2D eigenvalue weighted by Gasteiger charge is 2.16. The van der Waals surface area contributed by atoms with E-state index in [9.17, 15) is 9.59 Å². The summed E-state index contributed by atoms with van der Waals surface area (Å²) in [4.78, 5) is 23.4. The van der Waals surface area contributed by atoms with Gasteiger partial charge in [0.05, 0.1) is 26.4 Å². The highest BCUT2D eigenvalue weighted by molar-refractivity contribution is 8.77. The summed E-state index contributed by atoms with van der Waals surface area (Å²) < 4.78 is 21.2. The van der Waals surface area contributed by atoms with Gasteiger partial charge >= 0.3 is 11.9 Å². The number of ether oxygens (including phenoxy) is 4. The summed E-state index contributed by atoms with van der Waals surface area (Å²) >= 11 is 0. The molecule has 6 nitrogen and oxygen atoms in total. The first-order chi connectivity index (χ1) is 15.7. The number of carbonyl (C=O) groups is 2. The maximum absolute atomic E-state index is 11.7. The van der Waals surface area contributed by atoms with E-state index in [1.165, 1.54) is 37.2 Å². The van der Waals surface area contributed by atoms with Gasteiger partial charge in [-0.05, 0) is 38.5 Å². The van der Waals surface area contributed by atoms with E-state index in [4.69, 9.17) is 18.9 Å². The molecular weight excluding hydrogens is 489 g/mol. The Morgan fingerprint density at radius 2 is 1.06 bits per heavy atom. The van der Waals surface area contributed by atoms with E-state index in [0.29, 0.717) is 39.3 Å². The molecule has 0 amide bonds. The van der Waals surface area contributed by atoms with Crippen molar-refractivity contribution < 1.29 is 28.5 Å². The van der Waals surface area contributed by atoms with E-state index in [0.717, 1.165) is 36.2 Å². The molecule has 0 aromatic rings. The van der Waals surface area contributed by atoms with E-state index >= 15 is 0 Å². The molecule has 0 N–H and O–H groups in total. The van der Waals surface area contributed by atoms with Crippen LogP contribution in [0.4, 0.5) is 0 Å². The van der Waals surface area contributed by atoms with Crippen molar-refractivity contribution in [1.29, 1.82) is 0 Å². The highest BCUT2D eigenvalue weighted by Crippen LogP contribution is 2.40. The second-order valence-corrected chi connectivity index (χ2v) is 13.4. The third kappa shape index (κ3) is 15.2. The number of hydrogen-bond acceptors (Lipinski definition) is 10. The molecule has 10 heteroatoms. The lowest BCUT2D eigenvalue weighted by Gasteiger charge is -2.09. The highest BCUT2D eigenvalue weighted by atomic mass is 33.1. The van der Waals surface area contributed by atoms with Crippen LogP contribution in [0.3, 0.4) is 0 Å². The number of unbranched alkanes of at least 4 members (excludes halogenated alkanes) is 2. The summed E-state index contributed by atoms with van der Waals surface area (Å²) in [6, 6.07) is 0. The Morgan fingerprint density at radius 3 is 1.47 bits per heavy atom. The minimum Gasteiger partial charge on any atom is -0.463 e.